The van der Waals surface area contributed by atoms with E-state index >= 15 is 0 Å². The smallest absolute Gasteiger partial charge is 0.270 e. The van der Waals surface area contributed by atoms with E-state index in [9.17, 15) is 19.7 Å². The summed E-state index contributed by atoms with van der Waals surface area (Å²) in [6, 6.07) is 11.3. The molecule has 0 saturated carbocycles. The molecule has 28 heavy (non-hydrogen) atoms. The quantitative estimate of drug-likeness (QED) is 0.383. The average Bonchev–Trinajstić information content (AvgIpc) is 3.12. The molecule has 1 aromatic heterocycles. The van der Waals surface area contributed by atoms with Crippen LogP contribution in [0.4, 0.5) is 5.69 Å². The summed E-state index contributed by atoms with van der Waals surface area (Å²) in [6.07, 6.45) is 0. The van der Waals surface area contributed by atoms with E-state index in [0.29, 0.717) is 12.5 Å². The third-order valence-corrected chi connectivity index (χ3v) is 4.62. The van der Waals surface area contributed by atoms with Crippen molar-refractivity contribution in [2.75, 3.05) is 14.1 Å². The highest BCUT2D eigenvalue weighted by atomic mass is 16.6. The fourth-order valence-corrected chi connectivity index (χ4v) is 3.36. The number of carbonyl (C=O) groups excluding carboxylic acids is 2. The highest BCUT2D eigenvalue weighted by Gasteiger charge is 2.37. The van der Waals surface area contributed by atoms with Crippen LogP contribution in [0.3, 0.4) is 0 Å². The average molecular weight is 379 g/mol. The molecular weight excluding hydrogens is 362 g/mol. The van der Waals surface area contributed by atoms with Crippen LogP contribution in [0, 0.1) is 10.1 Å². The lowest BCUT2D eigenvalue weighted by Gasteiger charge is -2.18. The first-order valence-electron chi connectivity index (χ1n) is 8.60. The van der Waals surface area contributed by atoms with Gasteiger partial charge in [0.2, 0.25) is 0 Å². The van der Waals surface area contributed by atoms with Gasteiger partial charge >= 0.3 is 0 Å². The van der Waals surface area contributed by atoms with E-state index in [2.05, 4.69) is 4.98 Å². The predicted octanol–water partition coefficient (Wildman–Crippen LogP) is 2.26. The molecule has 2 heterocycles. The first-order chi connectivity index (χ1) is 13.4. The van der Waals surface area contributed by atoms with E-state index < -0.39 is 16.7 Å². The molecule has 0 bridgehead atoms. The summed E-state index contributed by atoms with van der Waals surface area (Å²) in [7, 11) is 3.83. The Kier molecular flexibility index (Phi) is 4.16. The molecule has 9 heteroatoms. The lowest BCUT2D eigenvalue weighted by Crippen LogP contribution is -2.31. The number of imidazole rings is 1. The molecular formula is C19H17N5O4. The standard InChI is InChI=1S/C19H17N5O4/c1-21(2)11-23-16-6-4-3-5-15(16)20-17(23)10-22-18(25)13-8-7-12(24(27)28)9-14(13)19(22)26/h3-9H,10-11H2,1-2H3. The van der Waals surface area contributed by atoms with Gasteiger partial charge in [0.1, 0.15) is 5.82 Å². The summed E-state index contributed by atoms with van der Waals surface area (Å²) < 4.78 is 1.95. The van der Waals surface area contributed by atoms with Gasteiger partial charge in [-0.2, -0.15) is 0 Å². The number of amides is 2. The van der Waals surface area contributed by atoms with Gasteiger partial charge in [0, 0.05) is 12.1 Å². The highest BCUT2D eigenvalue weighted by Crippen LogP contribution is 2.28. The van der Waals surface area contributed by atoms with E-state index in [1.165, 1.54) is 12.1 Å². The number of nitro benzene ring substituents is 1. The van der Waals surface area contributed by atoms with Gasteiger partial charge in [-0.15, -0.1) is 0 Å². The SMILES string of the molecule is CN(C)Cn1c(CN2C(=O)c3ccc([N+](=O)[O-])cc3C2=O)nc2ccccc21. The molecule has 0 unspecified atom stereocenters. The summed E-state index contributed by atoms with van der Waals surface area (Å²) in [5.74, 6) is -0.454. The first-order valence-corrected chi connectivity index (χ1v) is 8.60. The Morgan fingerprint density at radius 2 is 1.79 bits per heavy atom. The van der Waals surface area contributed by atoms with Crippen LogP contribution < -0.4 is 0 Å². The summed E-state index contributed by atoms with van der Waals surface area (Å²) in [5, 5.41) is 11.0. The van der Waals surface area contributed by atoms with Gasteiger partial charge < -0.3 is 4.57 Å². The van der Waals surface area contributed by atoms with Crippen molar-refractivity contribution in [3.63, 3.8) is 0 Å². The number of hydrogen-bond acceptors (Lipinski definition) is 6. The Labute approximate surface area is 159 Å². The number of nitrogens with zero attached hydrogens (tertiary/aromatic N) is 5. The van der Waals surface area contributed by atoms with Crippen LogP contribution in [-0.2, 0) is 13.2 Å². The molecule has 2 amide bonds. The van der Waals surface area contributed by atoms with Crippen LogP contribution >= 0.6 is 0 Å². The zero-order valence-corrected chi connectivity index (χ0v) is 15.3. The second-order valence-corrected chi connectivity index (χ2v) is 6.85. The lowest BCUT2D eigenvalue weighted by atomic mass is 10.1. The van der Waals surface area contributed by atoms with Crippen LogP contribution in [0.15, 0.2) is 42.5 Å². The molecule has 2 aromatic carbocycles. The summed E-state index contributed by atoms with van der Waals surface area (Å²) in [6.45, 7) is 0.521. The molecule has 0 saturated heterocycles. The zero-order chi connectivity index (χ0) is 20.0. The van der Waals surface area contributed by atoms with E-state index in [1.807, 2.05) is 47.8 Å². The molecule has 0 atom stereocenters. The minimum Gasteiger partial charge on any atom is -0.313 e. The Morgan fingerprint density at radius 1 is 1.07 bits per heavy atom. The minimum absolute atomic E-state index is 0.0112. The van der Waals surface area contributed by atoms with Crippen molar-refractivity contribution in [2.45, 2.75) is 13.2 Å². The topological polar surface area (TPSA) is 102 Å². The van der Waals surface area contributed by atoms with Gasteiger partial charge in [-0.25, -0.2) is 4.98 Å². The second-order valence-electron chi connectivity index (χ2n) is 6.85. The molecule has 1 aliphatic heterocycles. The molecule has 1 aliphatic rings. The number of hydrogen-bond donors (Lipinski definition) is 0. The highest BCUT2D eigenvalue weighted by molar-refractivity contribution is 6.21. The number of carbonyl (C=O) groups is 2. The molecule has 9 nitrogen and oxygen atoms in total. The summed E-state index contributed by atoms with van der Waals surface area (Å²) in [4.78, 5) is 43.5. The number of non-ortho nitro benzene ring substituents is 1. The van der Waals surface area contributed by atoms with Crippen molar-refractivity contribution in [3.05, 3.63) is 69.5 Å². The maximum atomic E-state index is 12.8. The zero-order valence-electron chi connectivity index (χ0n) is 15.3. The van der Waals surface area contributed by atoms with Gasteiger partial charge in [-0.1, -0.05) is 12.1 Å². The third-order valence-electron chi connectivity index (χ3n) is 4.62. The maximum absolute atomic E-state index is 12.8. The van der Waals surface area contributed by atoms with Gasteiger partial charge in [0.25, 0.3) is 17.5 Å². The number of aromatic nitrogens is 2. The predicted molar refractivity (Wildman–Crippen MR) is 101 cm³/mol. The van der Waals surface area contributed by atoms with Crippen molar-refractivity contribution in [1.29, 1.82) is 0 Å². The number of nitro groups is 1. The first kappa shape index (κ1) is 17.8. The number of fused-ring (bicyclic) bond motifs is 2. The number of benzene rings is 2. The Bertz CT molecular complexity index is 1130. The van der Waals surface area contributed by atoms with Crippen LogP contribution in [0.25, 0.3) is 11.0 Å². The monoisotopic (exact) mass is 379 g/mol. The fraction of sp³-hybridized carbons (Fsp3) is 0.211. The summed E-state index contributed by atoms with van der Waals surface area (Å²) in [5.41, 5.74) is 1.67. The molecule has 142 valence electrons. The molecule has 4 rings (SSSR count). The van der Waals surface area contributed by atoms with Crippen molar-refractivity contribution >= 4 is 28.5 Å². The van der Waals surface area contributed by atoms with E-state index in [4.69, 9.17) is 0 Å². The normalized spacial score (nSPS) is 13.6. The lowest BCUT2D eigenvalue weighted by molar-refractivity contribution is -0.384. The fourth-order valence-electron chi connectivity index (χ4n) is 3.36. The molecule has 0 N–H and O–H groups in total. The van der Waals surface area contributed by atoms with E-state index in [1.54, 1.807) is 0 Å². The van der Waals surface area contributed by atoms with Gasteiger partial charge in [0.15, 0.2) is 0 Å². The molecule has 3 aromatic rings. The van der Waals surface area contributed by atoms with Gasteiger partial charge in [-0.05, 0) is 32.3 Å². The van der Waals surface area contributed by atoms with Crippen molar-refractivity contribution in [1.82, 2.24) is 19.4 Å². The van der Waals surface area contributed by atoms with Crippen LogP contribution in [0.1, 0.15) is 26.5 Å². The Balaban J connectivity index is 1.73. The molecule has 0 fully saturated rings. The Hall–Kier alpha value is -3.59. The van der Waals surface area contributed by atoms with Gasteiger partial charge in [0.05, 0.1) is 40.3 Å². The largest absolute Gasteiger partial charge is 0.313 e. The van der Waals surface area contributed by atoms with Gasteiger partial charge in [-0.3, -0.25) is 29.5 Å². The number of para-hydroxylation sites is 2. The maximum Gasteiger partial charge on any atom is 0.270 e. The number of imide groups is 1. The second kappa shape index (κ2) is 6.54. The van der Waals surface area contributed by atoms with Crippen LogP contribution in [0.5, 0.6) is 0 Å². The van der Waals surface area contributed by atoms with Crippen LogP contribution in [0.2, 0.25) is 0 Å². The molecule has 0 aliphatic carbocycles. The molecule has 0 radical (unpaired) electrons. The number of rotatable bonds is 5. The minimum atomic E-state index is -0.586. The van der Waals surface area contributed by atoms with E-state index in [0.717, 1.165) is 22.0 Å². The Morgan fingerprint density at radius 3 is 2.50 bits per heavy atom. The van der Waals surface area contributed by atoms with Crippen molar-refractivity contribution < 1.29 is 14.5 Å². The van der Waals surface area contributed by atoms with E-state index in [-0.39, 0.29) is 23.4 Å². The van der Waals surface area contributed by atoms with Crippen molar-refractivity contribution in [2.24, 2.45) is 0 Å². The summed E-state index contributed by atoms with van der Waals surface area (Å²) >= 11 is 0. The van der Waals surface area contributed by atoms with Crippen molar-refractivity contribution in [3.8, 4) is 0 Å². The molecule has 0 spiro atoms. The third kappa shape index (κ3) is 2.81. The van der Waals surface area contributed by atoms with Crippen LogP contribution in [-0.4, -0.2) is 50.2 Å².